The molecule has 1 aliphatic heterocycles. The van der Waals surface area contributed by atoms with Gasteiger partial charge in [-0.3, -0.25) is 19.4 Å². The number of likely N-dealkylation sites (N-methyl/N-ethyl adjacent to an activating group) is 1. The Bertz CT molecular complexity index is 987. The molecule has 0 radical (unpaired) electrons. The van der Waals surface area contributed by atoms with Crippen molar-refractivity contribution < 1.29 is 19.5 Å². The predicted octanol–water partition coefficient (Wildman–Crippen LogP) is 2.12. The zero-order chi connectivity index (χ0) is 20.5. The van der Waals surface area contributed by atoms with Crippen molar-refractivity contribution in [3.05, 3.63) is 41.1 Å². The molecule has 2 aliphatic rings. The lowest BCUT2D eigenvalue weighted by molar-refractivity contribution is -0.145. The Hall–Kier alpha value is -2.96. The van der Waals surface area contributed by atoms with Gasteiger partial charge in [0, 0.05) is 31.2 Å². The summed E-state index contributed by atoms with van der Waals surface area (Å²) in [5.41, 5.74) is 3.43. The van der Waals surface area contributed by atoms with Crippen molar-refractivity contribution in [2.45, 2.75) is 32.1 Å². The Morgan fingerprint density at radius 2 is 2.00 bits per heavy atom. The molecule has 4 rings (SSSR count). The fourth-order valence-corrected chi connectivity index (χ4v) is 4.43. The summed E-state index contributed by atoms with van der Waals surface area (Å²) < 4.78 is 0. The van der Waals surface area contributed by atoms with E-state index in [2.05, 4.69) is 0 Å². The number of para-hydroxylation sites is 1. The maximum atomic E-state index is 13.3. The number of aryl methyl sites for hydroxylation is 1. The van der Waals surface area contributed by atoms with Crippen molar-refractivity contribution >= 4 is 28.7 Å². The molecule has 0 spiro atoms. The third-order valence-corrected chi connectivity index (χ3v) is 5.98. The number of benzene rings is 1. The number of hydrogen-bond donors (Lipinski definition) is 1. The SMILES string of the molecule is CN(CC(=O)N1CCCC(C(=O)O)C1)C(=O)c1c2c(nc3ccccc13)CCC2. The van der Waals surface area contributed by atoms with E-state index in [-0.39, 0.29) is 24.9 Å². The summed E-state index contributed by atoms with van der Waals surface area (Å²) in [6.07, 6.45) is 3.92. The Morgan fingerprint density at radius 1 is 1.21 bits per heavy atom. The number of likely N-dealkylation sites (tertiary alicyclic amines) is 1. The quantitative estimate of drug-likeness (QED) is 0.856. The lowest BCUT2D eigenvalue weighted by Gasteiger charge is -2.32. The Kier molecular flexibility index (Phi) is 5.22. The van der Waals surface area contributed by atoms with Gasteiger partial charge in [0.05, 0.1) is 23.5 Å². The number of carboxylic acids is 1. The lowest BCUT2D eigenvalue weighted by atomic mass is 9.98. The zero-order valence-corrected chi connectivity index (χ0v) is 16.6. The summed E-state index contributed by atoms with van der Waals surface area (Å²) in [6.45, 7) is 0.693. The second-order valence-corrected chi connectivity index (χ2v) is 7.96. The standard InChI is InChI=1S/C22H25N3O4/c1-24(13-19(26)25-11-5-6-14(12-25)22(28)29)21(27)20-15-7-2-3-9-17(15)23-18-10-4-8-16(18)20/h2-3,7,9,14H,4-6,8,10-13H2,1H3,(H,28,29). The molecule has 7 nitrogen and oxygen atoms in total. The number of fused-ring (bicyclic) bond motifs is 2. The minimum Gasteiger partial charge on any atom is -0.481 e. The molecule has 29 heavy (non-hydrogen) atoms. The molecule has 1 fully saturated rings. The van der Waals surface area contributed by atoms with E-state index < -0.39 is 11.9 Å². The molecule has 1 atom stereocenters. The number of amides is 2. The van der Waals surface area contributed by atoms with E-state index in [1.54, 1.807) is 11.9 Å². The molecule has 1 aromatic carbocycles. The number of pyridine rings is 1. The van der Waals surface area contributed by atoms with E-state index >= 15 is 0 Å². The second-order valence-electron chi connectivity index (χ2n) is 7.96. The first-order valence-corrected chi connectivity index (χ1v) is 10.1. The van der Waals surface area contributed by atoms with E-state index in [9.17, 15) is 19.5 Å². The average molecular weight is 395 g/mol. The average Bonchev–Trinajstić information content (AvgIpc) is 3.19. The van der Waals surface area contributed by atoms with Gasteiger partial charge in [-0.25, -0.2) is 0 Å². The minimum atomic E-state index is -0.870. The van der Waals surface area contributed by atoms with Crippen LogP contribution in [0.3, 0.4) is 0 Å². The first-order valence-electron chi connectivity index (χ1n) is 10.1. The predicted molar refractivity (Wildman–Crippen MR) is 108 cm³/mol. The molecule has 0 saturated carbocycles. The Labute approximate surface area is 169 Å². The fraction of sp³-hybridized carbons (Fsp3) is 0.455. The number of aromatic nitrogens is 1. The monoisotopic (exact) mass is 395 g/mol. The molecule has 7 heteroatoms. The zero-order valence-electron chi connectivity index (χ0n) is 16.6. The highest BCUT2D eigenvalue weighted by molar-refractivity contribution is 6.08. The Morgan fingerprint density at radius 3 is 2.79 bits per heavy atom. The molecule has 152 valence electrons. The van der Waals surface area contributed by atoms with E-state index in [0.29, 0.717) is 24.9 Å². The van der Waals surface area contributed by atoms with E-state index in [4.69, 9.17) is 4.98 Å². The smallest absolute Gasteiger partial charge is 0.308 e. The van der Waals surface area contributed by atoms with Crippen molar-refractivity contribution in [3.8, 4) is 0 Å². The third kappa shape index (κ3) is 3.69. The highest BCUT2D eigenvalue weighted by Crippen LogP contribution is 2.30. The summed E-state index contributed by atoms with van der Waals surface area (Å²) in [6, 6.07) is 7.63. The van der Waals surface area contributed by atoms with Crippen molar-refractivity contribution in [1.29, 1.82) is 0 Å². The van der Waals surface area contributed by atoms with Gasteiger partial charge in [-0.05, 0) is 43.7 Å². The number of nitrogens with zero attached hydrogens (tertiary/aromatic N) is 3. The summed E-state index contributed by atoms with van der Waals surface area (Å²) >= 11 is 0. The van der Waals surface area contributed by atoms with Crippen LogP contribution in [0.2, 0.25) is 0 Å². The Balaban J connectivity index is 1.56. The maximum absolute atomic E-state index is 13.3. The molecule has 0 bridgehead atoms. The molecule has 2 amide bonds. The van der Waals surface area contributed by atoms with Crippen LogP contribution in [-0.2, 0) is 22.4 Å². The van der Waals surface area contributed by atoms with E-state index in [1.807, 2.05) is 24.3 Å². The number of rotatable bonds is 4. The molecule has 1 aromatic heterocycles. The van der Waals surface area contributed by atoms with Crippen LogP contribution in [0.4, 0.5) is 0 Å². The van der Waals surface area contributed by atoms with Crippen molar-refractivity contribution in [3.63, 3.8) is 0 Å². The summed E-state index contributed by atoms with van der Waals surface area (Å²) in [5.74, 6) is -1.78. The number of carbonyl (C=O) groups excluding carboxylic acids is 2. The lowest BCUT2D eigenvalue weighted by Crippen LogP contribution is -2.47. The number of piperidine rings is 1. The molecule has 1 unspecified atom stereocenters. The highest BCUT2D eigenvalue weighted by atomic mass is 16.4. The van der Waals surface area contributed by atoms with Crippen LogP contribution >= 0.6 is 0 Å². The van der Waals surface area contributed by atoms with E-state index in [0.717, 1.165) is 41.4 Å². The highest BCUT2D eigenvalue weighted by Gasteiger charge is 2.30. The largest absolute Gasteiger partial charge is 0.481 e. The maximum Gasteiger partial charge on any atom is 0.308 e. The number of carboxylic acid groups (broad SMARTS) is 1. The van der Waals surface area contributed by atoms with Crippen LogP contribution < -0.4 is 0 Å². The fourth-order valence-electron chi connectivity index (χ4n) is 4.43. The normalized spacial score (nSPS) is 18.5. The van der Waals surface area contributed by atoms with Gasteiger partial charge in [0.2, 0.25) is 5.91 Å². The van der Waals surface area contributed by atoms with Gasteiger partial charge in [0.15, 0.2) is 0 Å². The molecule has 1 aliphatic carbocycles. The van der Waals surface area contributed by atoms with Gasteiger partial charge >= 0.3 is 5.97 Å². The van der Waals surface area contributed by atoms with Crippen LogP contribution in [0.1, 0.15) is 40.9 Å². The number of aliphatic carboxylic acids is 1. The van der Waals surface area contributed by atoms with E-state index in [1.165, 1.54) is 4.90 Å². The van der Waals surface area contributed by atoms with Gasteiger partial charge in [-0.1, -0.05) is 18.2 Å². The number of carbonyl (C=O) groups is 3. The van der Waals surface area contributed by atoms with Crippen LogP contribution in [0.5, 0.6) is 0 Å². The van der Waals surface area contributed by atoms with Gasteiger partial charge in [0.25, 0.3) is 5.91 Å². The van der Waals surface area contributed by atoms with Crippen LogP contribution in [0.25, 0.3) is 10.9 Å². The second kappa shape index (κ2) is 7.81. The number of hydrogen-bond acceptors (Lipinski definition) is 4. The van der Waals surface area contributed by atoms with Gasteiger partial charge in [-0.2, -0.15) is 0 Å². The topological polar surface area (TPSA) is 90.8 Å². The summed E-state index contributed by atoms with van der Waals surface area (Å²) in [4.78, 5) is 45.1. The van der Waals surface area contributed by atoms with Crippen LogP contribution in [-0.4, -0.2) is 64.4 Å². The van der Waals surface area contributed by atoms with Gasteiger partial charge in [-0.15, -0.1) is 0 Å². The van der Waals surface area contributed by atoms with Crippen molar-refractivity contribution in [1.82, 2.24) is 14.8 Å². The molecule has 1 N–H and O–H groups in total. The minimum absolute atomic E-state index is 0.0589. The van der Waals surface area contributed by atoms with Crippen LogP contribution in [0, 0.1) is 5.92 Å². The summed E-state index contributed by atoms with van der Waals surface area (Å²) in [7, 11) is 1.63. The molecule has 2 heterocycles. The molecule has 1 saturated heterocycles. The third-order valence-electron chi connectivity index (χ3n) is 5.98. The summed E-state index contributed by atoms with van der Waals surface area (Å²) in [5, 5.41) is 10.1. The molecule has 2 aromatic rings. The van der Waals surface area contributed by atoms with Gasteiger partial charge < -0.3 is 14.9 Å². The molecular weight excluding hydrogens is 370 g/mol. The first kappa shape index (κ1) is 19.4. The van der Waals surface area contributed by atoms with Crippen molar-refractivity contribution in [2.75, 3.05) is 26.7 Å². The van der Waals surface area contributed by atoms with Gasteiger partial charge in [0.1, 0.15) is 0 Å². The van der Waals surface area contributed by atoms with Crippen molar-refractivity contribution in [2.24, 2.45) is 5.92 Å². The molecular formula is C22H25N3O4. The first-order chi connectivity index (χ1) is 14.0. The van der Waals surface area contributed by atoms with Crippen LogP contribution in [0.15, 0.2) is 24.3 Å².